The van der Waals surface area contributed by atoms with Gasteiger partial charge in [0.2, 0.25) is 0 Å². The van der Waals surface area contributed by atoms with Crippen molar-refractivity contribution in [2.24, 2.45) is 10.8 Å². The molecule has 5 saturated heterocycles. The molecule has 5 aromatic heterocycles. The summed E-state index contributed by atoms with van der Waals surface area (Å²) in [7, 11) is 0. The number of rotatable bonds is 9. The van der Waals surface area contributed by atoms with E-state index in [9.17, 15) is 0 Å². The van der Waals surface area contributed by atoms with Crippen LogP contribution in [0.2, 0.25) is 0 Å². The first-order chi connectivity index (χ1) is 31.6. The molecule has 66 heavy (non-hydrogen) atoms. The van der Waals surface area contributed by atoms with Crippen LogP contribution >= 0.6 is 0 Å². The van der Waals surface area contributed by atoms with Crippen molar-refractivity contribution in [2.75, 3.05) is 65.4 Å². The van der Waals surface area contributed by atoms with Crippen molar-refractivity contribution in [1.82, 2.24) is 128 Å². The number of H-pyrrole nitrogens is 1. The van der Waals surface area contributed by atoms with Gasteiger partial charge in [-0.2, -0.15) is 14.8 Å². The number of tetrazole rings is 5. The van der Waals surface area contributed by atoms with Crippen molar-refractivity contribution in [3.8, 4) is 0 Å². The molecular formula is C41H77N25. The standard InChI is InChI=1S/2C10H19N5.2C8H15N5.C5H9N5/c1-10(2,3)7-15-9(12-13-14-15)8-4-5-11-6-8;1-10(2,3)7-15-13-9(12-14-15)8-4-5-11-6-8;1-6(2)13-8(10-11-12-13)7-3-4-9-5-7;1-6(2)13-11-8(10-12-13)7-3-4-9-5-7;1-2-6-3-4(1)5-7-9-10-8-5/h2*8,11H,4-7H2,1-3H3;2*6-7,9H,3-5H2,1-2H3;4,6H,1-3H2,(H,7,8,9,10). The van der Waals surface area contributed by atoms with E-state index < -0.39 is 0 Å². The monoisotopic (exact) mass is 920 g/mol. The van der Waals surface area contributed by atoms with Gasteiger partial charge in [-0.25, -0.2) is 9.36 Å². The van der Waals surface area contributed by atoms with E-state index in [1.54, 1.807) is 9.59 Å². The minimum Gasteiger partial charge on any atom is -0.316 e. The van der Waals surface area contributed by atoms with Gasteiger partial charge in [-0.3, -0.25) is 0 Å². The zero-order chi connectivity index (χ0) is 47.1. The largest absolute Gasteiger partial charge is 0.316 e. The van der Waals surface area contributed by atoms with Crippen molar-refractivity contribution in [3.63, 3.8) is 0 Å². The van der Waals surface area contributed by atoms with Crippen molar-refractivity contribution < 1.29 is 0 Å². The van der Waals surface area contributed by atoms with Gasteiger partial charge in [0.25, 0.3) is 0 Å². The molecule has 25 heteroatoms. The Kier molecular flexibility index (Phi) is 18.6. The predicted octanol–water partition coefficient (Wildman–Crippen LogP) is 1.53. The summed E-state index contributed by atoms with van der Waals surface area (Å²) in [6.45, 7) is 33.5. The average Bonchev–Trinajstić information content (AvgIpc) is 4.14. The zero-order valence-electron chi connectivity index (χ0n) is 41.1. The van der Waals surface area contributed by atoms with Crippen molar-refractivity contribution in [1.29, 1.82) is 0 Å². The van der Waals surface area contributed by atoms with E-state index in [-0.39, 0.29) is 10.8 Å². The van der Waals surface area contributed by atoms with Gasteiger partial charge >= 0.3 is 0 Å². The Hall–Kier alpha value is -4.85. The van der Waals surface area contributed by atoms with Crippen LogP contribution in [-0.2, 0) is 13.1 Å². The van der Waals surface area contributed by atoms with E-state index >= 15 is 0 Å². The fraction of sp³-hybridized carbons (Fsp3) is 0.878. The predicted molar refractivity (Wildman–Crippen MR) is 246 cm³/mol. The molecule has 0 aliphatic carbocycles. The Bertz CT molecular complexity index is 2060. The third-order valence-electron chi connectivity index (χ3n) is 11.7. The molecular weight excluding hydrogens is 843 g/mol. The molecule has 10 rings (SSSR count). The van der Waals surface area contributed by atoms with Gasteiger partial charge in [0, 0.05) is 68.9 Å². The van der Waals surface area contributed by atoms with Crippen molar-refractivity contribution in [3.05, 3.63) is 29.1 Å². The normalized spacial score (nSPS) is 22.9. The maximum Gasteiger partial charge on any atom is 0.179 e. The lowest BCUT2D eigenvalue weighted by Gasteiger charge is -2.19. The SMILES string of the molecule is C1CC(c2nn[nH]n2)CN1.CC(C)(C)Cn1nnc(C2CCNC2)n1.CC(C)(C)Cn1nnnc1C1CCNC1.CC(C)n1nnc(C2CCNC2)n1.CC(C)n1nnnc1C1CCNC1. The third kappa shape index (κ3) is 15.6. The second kappa shape index (κ2) is 24.3. The molecule has 5 aliphatic heterocycles. The molecule has 5 atom stereocenters. The summed E-state index contributed by atoms with van der Waals surface area (Å²) in [5.41, 5.74) is 0.419. The summed E-state index contributed by atoms with van der Waals surface area (Å²) in [6.07, 6.45) is 5.67. The molecule has 5 aromatic rings. The Balaban J connectivity index is 0.000000137. The first-order valence-corrected chi connectivity index (χ1v) is 24.0. The van der Waals surface area contributed by atoms with Crippen LogP contribution in [0.4, 0.5) is 0 Å². The Morgan fingerprint density at radius 2 is 0.985 bits per heavy atom. The minimum absolute atomic E-state index is 0.200. The molecule has 0 amide bonds. The second-order valence-electron chi connectivity index (χ2n) is 20.8. The van der Waals surface area contributed by atoms with Crippen LogP contribution in [0.3, 0.4) is 0 Å². The maximum atomic E-state index is 4.43. The average molecular weight is 920 g/mol. The molecule has 0 bridgehead atoms. The molecule has 5 unspecified atom stereocenters. The molecule has 366 valence electrons. The maximum absolute atomic E-state index is 4.43. The lowest BCUT2D eigenvalue weighted by molar-refractivity contribution is 0.299. The molecule has 10 heterocycles. The first kappa shape index (κ1) is 50.6. The third-order valence-corrected chi connectivity index (χ3v) is 11.7. The van der Waals surface area contributed by atoms with Gasteiger partial charge in [0.1, 0.15) is 0 Å². The quantitative estimate of drug-likeness (QED) is 0.122. The van der Waals surface area contributed by atoms with E-state index in [1.165, 1.54) is 0 Å². The van der Waals surface area contributed by atoms with Gasteiger partial charge in [0.15, 0.2) is 29.1 Å². The number of hydrogen-bond acceptors (Lipinski definition) is 20. The fourth-order valence-corrected chi connectivity index (χ4v) is 8.15. The molecule has 0 aromatic carbocycles. The van der Waals surface area contributed by atoms with E-state index in [0.29, 0.717) is 41.7 Å². The summed E-state index contributed by atoms with van der Waals surface area (Å²) in [5.74, 6) is 7.06. The first-order valence-electron chi connectivity index (χ1n) is 24.0. The van der Waals surface area contributed by atoms with E-state index in [2.05, 4.69) is 178 Å². The number of aromatic amines is 1. The van der Waals surface area contributed by atoms with Crippen molar-refractivity contribution in [2.45, 2.75) is 156 Å². The van der Waals surface area contributed by atoms with Crippen LogP contribution < -0.4 is 26.6 Å². The minimum atomic E-state index is 0.200. The smallest absolute Gasteiger partial charge is 0.179 e. The van der Waals surface area contributed by atoms with Crippen LogP contribution in [0.1, 0.15) is 172 Å². The Labute approximate surface area is 388 Å². The molecule has 0 saturated carbocycles. The van der Waals surface area contributed by atoms with Crippen LogP contribution in [-0.4, -0.2) is 167 Å². The highest BCUT2D eigenvalue weighted by Crippen LogP contribution is 2.24. The van der Waals surface area contributed by atoms with Gasteiger partial charge in [0.05, 0.1) is 18.6 Å². The number of nitrogens with one attached hydrogen (secondary N) is 6. The summed E-state index contributed by atoms with van der Waals surface area (Å²) in [5, 5.41) is 79.1. The second-order valence-corrected chi connectivity index (χ2v) is 20.8. The highest BCUT2D eigenvalue weighted by Gasteiger charge is 2.27. The zero-order valence-corrected chi connectivity index (χ0v) is 41.1. The van der Waals surface area contributed by atoms with E-state index in [1.807, 2.05) is 9.36 Å². The summed E-state index contributed by atoms with van der Waals surface area (Å²) >= 11 is 0. The molecule has 0 spiro atoms. The van der Waals surface area contributed by atoms with Crippen LogP contribution in [0.5, 0.6) is 0 Å². The van der Waals surface area contributed by atoms with Gasteiger partial charge in [-0.15, -0.1) is 40.8 Å². The molecule has 6 N–H and O–H groups in total. The molecule has 25 nitrogen and oxygen atoms in total. The highest BCUT2D eigenvalue weighted by atomic mass is 15.6. The molecule has 0 radical (unpaired) electrons. The van der Waals surface area contributed by atoms with Gasteiger partial charge in [-0.1, -0.05) is 46.8 Å². The highest BCUT2D eigenvalue weighted by molar-refractivity contribution is 5.01. The van der Waals surface area contributed by atoms with Crippen LogP contribution in [0.25, 0.3) is 0 Å². The summed E-state index contributed by atoms with van der Waals surface area (Å²) in [6, 6.07) is 0.654. The van der Waals surface area contributed by atoms with Crippen molar-refractivity contribution >= 4 is 0 Å². The summed E-state index contributed by atoms with van der Waals surface area (Å²) < 4.78 is 3.87. The fourth-order valence-electron chi connectivity index (χ4n) is 8.15. The van der Waals surface area contributed by atoms with Gasteiger partial charge in [-0.05, 0) is 135 Å². The molecule has 5 aliphatic rings. The Morgan fingerprint density at radius 1 is 0.500 bits per heavy atom. The lowest BCUT2D eigenvalue weighted by Crippen LogP contribution is -2.21. The number of nitrogens with zero attached hydrogens (tertiary/aromatic N) is 19. The van der Waals surface area contributed by atoms with Crippen LogP contribution in [0, 0.1) is 10.8 Å². The number of aromatic nitrogens is 20. The number of hydrogen-bond donors (Lipinski definition) is 6. The van der Waals surface area contributed by atoms with Gasteiger partial charge < -0.3 is 26.6 Å². The molecule has 5 fully saturated rings. The Morgan fingerprint density at radius 3 is 1.45 bits per heavy atom. The van der Waals surface area contributed by atoms with E-state index in [0.717, 1.165) is 140 Å². The van der Waals surface area contributed by atoms with Crippen LogP contribution in [0.15, 0.2) is 0 Å². The topological polar surface area (TPSA) is 289 Å². The summed E-state index contributed by atoms with van der Waals surface area (Å²) in [4.78, 5) is 3.39. The lowest BCUT2D eigenvalue weighted by atomic mass is 9.96. The van der Waals surface area contributed by atoms with E-state index in [4.69, 9.17) is 0 Å².